The molecule has 1 atom stereocenters. The van der Waals surface area contributed by atoms with E-state index in [2.05, 4.69) is 5.32 Å². The largest absolute Gasteiger partial charge is 0.503 e. The van der Waals surface area contributed by atoms with Gasteiger partial charge in [-0.15, -0.1) is 0 Å². The minimum Gasteiger partial charge on any atom is -0.503 e. The van der Waals surface area contributed by atoms with Crippen LogP contribution in [0.2, 0.25) is 0 Å². The third-order valence-electron chi connectivity index (χ3n) is 2.19. The second kappa shape index (κ2) is 5.34. The second-order valence-corrected chi connectivity index (χ2v) is 3.61. The Morgan fingerprint density at radius 2 is 2.40 bits per heavy atom. The molecule has 0 aliphatic rings. The van der Waals surface area contributed by atoms with Crippen LogP contribution in [0, 0.1) is 0 Å². The fourth-order valence-electron chi connectivity index (χ4n) is 1.19. The zero-order valence-electron chi connectivity index (χ0n) is 9.10. The first-order valence-electron chi connectivity index (χ1n) is 5.09. The molecule has 2 N–H and O–H groups in total. The Morgan fingerprint density at radius 1 is 1.67 bits per heavy atom. The molecule has 0 unspecified atom stereocenters. The molecule has 1 aromatic heterocycles. The lowest BCUT2D eigenvalue weighted by Crippen LogP contribution is -2.44. The fourth-order valence-corrected chi connectivity index (χ4v) is 1.19. The predicted molar refractivity (Wildman–Crippen MR) is 56.2 cm³/mol. The van der Waals surface area contributed by atoms with Crippen molar-refractivity contribution in [2.75, 3.05) is 0 Å². The number of pyridine rings is 1. The molecular weight excluding hydrogens is 192 g/mol. The first kappa shape index (κ1) is 11.5. The van der Waals surface area contributed by atoms with Crippen molar-refractivity contribution in [1.29, 1.82) is 0 Å². The molecule has 0 aliphatic heterocycles. The van der Waals surface area contributed by atoms with E-state index in [0.717, 1.165) is 6.42 Å². The van der Waals surface area contributed by atoms with Crippen LogP contribution in [0.5, 0.6) is 5.75 Å². The van der Waals surface area contributed by atoms with Gasteiger partial charge < -0.3 is 10.4 Å². The Morgan fingerprint density at radius 3 is 3.00 bits per heavy atom. The predicted octanol–water partition coefficient (Wildman–Crippen LogP) is 0.594. The molecule has 0 saturated heterocycles. The summed E-state index contributed by atoms with van der Waals surface area (Å²) in [7, 11) is 0. The lowest BCUT2D eigenvalue weighted by atomic mass is 10.2. The number of carbonyl (C=O) groups excluding carboxylic acids is 1. The average Bonchev–Trinajstić information content (AvgIpc) is 2.17. The highest BCUT2D eigenvalue weighted by Crippen LogP contribution is 1.99. The molecule has 1 amide bonds. The Labute approximate surface area is 89.6 Å². The third kappa shape index (κ3) is 3.97. The van der Waals surface area contributed by atoms with Gasteiger partial charge in [-0.1, -0.05) is 6.92 Å². The van der Waals surface area contributed by atoms with Gasteiger partial charge in [-0.25, -0.2) is 0 Å². The van der Waals surface area contributed by atoms with E-state index in [9.17, 15) is 9.90 Å². The fraction of sp³-hybridized carbons (Fsp3) is 0.455. The number of rotatable bonds is 4. The molecule has 0 radical (unpaired) electrons. The van der Waals surface area contributed by atoms with Crippen molar-refractivity contribution in [1.82, 2.24) is 5.32 Å². The van der Waals surface area contributed by atoms with Crippen molar-refractivity contribution >= 4 is 5.91 Å². The minimum absolute atomic E-state index is 0.0417. The zero-order valence-corrected chi connectivity index (χ0v) is 9.10. The van der Waals surface area contributed by atoms with Crippen LogP contribution in [0.15, 0.2) is 24.5 Å². The van der Waals surface area contributed by atoms with E-state index in [1.807, 2.05) is 13.8 Å². The number of nitrogens with one attached hydrogen (secondary N) is 1. The van der Waals surface area contributed by atoms with E-state index in [1.54, 1.807) is 22.9 Å². The summed E-state index contributed by atoms with van der Waals surface area (Å²) in [6.07, 6.45) is 4.18. The summed E-state index contributed by atoms with van der Waals surface area (Å²) in [5.74, 6) is 0.119. The van der Waals surface area contributed by atoms with Crippen molar-refractivity contribution in [3.63, 3.8) is 0 Å². The van der Waals surface area contributed by atoms with Crippen LogP contribution in [0.25, 0.3) is 0 Å². The van der Waals surface area contributed by atoms with Crippen LogP contribution >= 0.6 is 0 Å². The van der Waals surface area contributed by atoms with Gasteiger partial charge in [0.25, 0.3) is 5.91 Å². The molecule has 4 nitrogen and oxygen atoms in total. The Kier molecular flexibility index (Phi) is 4.09. The summed E-state index contributed by atoms with van der Waals surface area (Å²) in [6, 6.07) is 3.46. The molecule has 0 fully saturated rings. The average molecular weight is 209 g/mol. The number of nitrogens with zero attached hydrogens (tertiary/aromatic N) is 1. The van der Waals surface area contributed by atoms with Crippen molar-refractivity contribution in [2.45, 2.75) is 32.9 Å². The van der Waals surface area contributed by atoms with Crippen LogP contribution in [-0.4, -0.2) is 17.1 Å². The molecule has 0 aromatic carbocycles. The van der Waals surface area contributed by atoms with Crippen LogP contribution in [0.4, 0.5) is 0 Å². The standard InChI is InChI=1S/C11H16N2O2/c1-3-9(2)12-11(15)8-13-6-4-5-10(14)7-13/h4-7,9H,3,8H2,1-2H3,(H-,12,14,15)/p+1/t9-/m0/s1. The lowest BCUT2D eigenvalue weighted by Gasteiger charge is -2.09. The normalized spacial score (nSPS) is 12.1. The molecule has 15 heavy (non-hydrogen) atoms. The van der Waals surface area contributed by atoms with Crippen molar-refractivity contribution < 1.29 is 14.5 Å². The number of aromatic hydroxyl groups is 1. The van der Waals surface area contributed by atoms with Crippen molar-refractivity contribution in [3.05, 3.63) is 24.5 Å². The minimum atomic E-state index is -0.0417. The maximum absolute atomic E-state index is 11.5. The van der Waals surface area contributed by atoms with Gasteiger partial charge in [0.1, 0.15) is 0 Å². The molecule has 4 heteroatoms. The van der Waals surface area contributed by atoms with Crippen LogP contribution in [-0.2, 0) is 11.3 Å². The van der Waals surface area contributed by atoms with Crippen molar-refractivity contribution in [3.8, 4) is 5.75 Å². The molecule has 0 bridgehead atoms. The summed E-state index contributed by atoms with van der Waals surface area (Å²) >= 11 is 0. The smallest absolute Gasteiger partial charge is 0.286 e. The maximum atomic E-state index is 11.5. The van der Waals surface area contributed by atoms with E-state index in [0.29, 0.717) is 0 Å². The number of hydrogen-bond acceptors (Lipinski definition) is 2. The highest BCUT2D eigenvalue weighted by atomic mass is 16.3. The zero-order chi connectivity index (χ0) is 11.3. The van der Waals surface area contributed by atoms with Gasteiger partial charge in [0.15, 0.2) is 11.9 Å². The van der Waals surface area contributed by atoms with E-state index in [4.69, 9.17) is 0 Å². The summed E-state index contributed by atoms with van der Waals surface area (Å²) in [5.41, 5.74) is 0. The number of hydrogen-bond donors (Lipinski definition) is 2. The van der Waals surface area contributed by atoms with Gasteiger partial charge >= 0.3 is 0 Å². The quantitative estimate of drug-likeness (QED) is 0.713. The van der Waals surface area contributed by atoms with Gasteiger partial charge in [0, 0.05) is 12.1 Å². The molecule has 0 spiro atoms. The first-order valence-corrected chi connectivity index (χ1v) is 5.09. The van der Waals surface area contributed by atoms with E-state index >= 15 is 0 Å². The van der Waals surface area contributed by atoms with Crippen LogP contribution < -0.4 is 9.88 Å². The number of amides is 1. The van der Waals surface area contributed by atoms with E-state index in [-0.39, 0.29) is 24.2 Å². The summed E-state index contributed by atoms with van der Waals surface area (Å²) in [4.78, 5) is 11.5. The summed E-state index contributed by atoms with van der Waals surface area (Å²) in [5, 5.41) is 12.1. The molecule has 1 rings (SSSR count). The monoisotopic (exact) mass is 209 g/mol. The molecule has 1 heterocycles. The third-order valence-corrected chi connectivity index (χ3v) is 2.19. The Hall–Kier alpha value is -1.58. The van der Waals surface area contributed by atoms with E-state index in [1.165, 1.54) is 6.20 Å². The summed E-state index contributed by atoms with van der Waals surface area (Å²) in [6.45, 7) is 4.22. The first-order chi connectivity index (χ1) is 7.11. The Balaban J connectivity index is 2.51. The molecular formula is C11H17N2O2+. The van der Waals surface area contributed by atoms with Crippen molar-refractivity contribution in [2.24, 2.45) is 0 Å². The number of aromatic nitrogens is 1. The highest BCUT2D eigenvalue weighted by molar-refractivity contribution is 5.74. The second-order valence-electron chi connectivity index (χ2n) is 3.61. The van der Waals surface area contributed by atoms with Gasteiger partial charge in [-0.05, 0) is 19.4 Å². The van der Waals surface area contributed by atoms with Crippen LogP contribution in [0.1, 0.15) is 20.3 Å². The topological polar surface area (TPSA) is 53.2 Å². The number of carbonyl (C=O) groups is 1. The molecule has 82 valence electrons. The van der Waals surface area contributed by atoms with Gasteiger partial charge in [0.2, 0.25) is 12.7 Å². The molecule has 0 aliphatic carbocycles. The Bertz CT molecular complexity index is 339. The van der Waals surface area contributed by atoms with Gasteiger partial charge in [0.05, 0.1) is 0 Å². The van der Waals surface area contributed by atoms with Crippen LogP contribution in [0.3, 0.4) is 0 Å². The van der Waals surface area contributed by atoms with Gasteiger partial charge in [-0.3, -0.25) is 4.79 Å². The maximum Gasteiger partial charge on any atom is 0.286 e. The SMILES string of the molecule is CC[C@H](C)NC(=O)C[n+]1cccc(O)c1. The summed E-state index contributed by atoms with van der Waals surface area (Å²) < 4.78 is 1.65. The van der Waals surface area contributed by atoms with E-state index < -0.39 is 0 Å². The molecule has 1 aromatic rings. The molecule has 0 saturated carbocycles. The lowest BCUT2D eigenvalue weighted by molar-refractivity contribution is -0.684. The van der Waals surface area contributed by atoms with Gasteiger partial charge in [-0.2, -0.15) is 4.57 Å². The highest BCUT2D eigenvalue weighted by Gasteiger charge is 2.11.